The van der Waals surface area contributed by atoms with Crippen LogP contribution in [0, 0.1) is 5.41 Å². The predicted molar refractivity (Wildman–Crippen MR) is 84.0 cm³/mol. The van der Waals surface area contributed by atoms with Gasteiger partial charge in [-0.05, 0) is 12.5 Å². The second kappa shape index (κ2) is 5.47. The molecule has 0 radical (unpaired) electrons. The molecule has 0 atom stereocenters. The second-order valence-corrected chi connectivity index (χ2v) is 13.4. The minimum absolute atomic E-state index is 0.109. The fraction of sp³-hybridized carbons (Fsp3) is 0.733. The maximum atomic E-state index is 11.4. The van der Waals surface area contributed by atoms with Crippen LogP contribution in [0.15, 0.2) is 0 Å². The number of aromatic nitrogens is 2. The standard InChI is InChI=1S/C15H24N2O4Si/c1-22(2,3)5-4-20-10-17-12-7-15(8-21-9-15)6-11(12)13(16-17)14(18)19/h4-10H2,1-3H3,(H,18,19). The van der Waals surface area contributed by atoms with Gasteiger partial charge in [-0.2, -0.15) is 5.10 Å². The first kappa shape index (κ1) is 15.7. The number of fused-ring (bicyclic) bond motifs is 1. The van der Waals surface area contributed by atoms with Gasteiger partial charge in [-0.15, -0.1) is 0 Å². The molecule has 0 amide bonds. The van der Waals surface area contributed by atoms with Gasteiger partial charge in [0.1, 0.15) is 6.73 Å². The third-order valence-corrected chi connectivity index (χ3v) is 6.19. The molecule has 0 unspecified atom stereocenters. The molecule has 2 heterocycles. The third-order valence-electron chi connectivity index (χ3n) is 4.49. The van der Waals surface area contributed by atoms with Gasteiger partial charge in [-0.3, -0.25) is 0 Å². The maximum Gasteiger partial charge on any atom is 0.356 e. The fourth-order valence-corrected chi connectivity index (χ4v) is 3.87. The molecule has 0 saturated carbocycles. The quantitative estimate of drug-likeness (QED) is 0.640. The Balaban J connectivity index is 1.70. The van der Waals surface area contributed by atoms with E-state index >= 15 is 0 Å². The van der Waals surface area contributed by atoms with Crippen molar-refractivity contribution in [1.82, 2.24) is 9.78 Å². The number of hydrogen-bond acceptors (Lipinski definition) is 4. The van der Waals surface area contributed by atoms with Crippen LogP contribution in [0.2, 0.25) is 25.7 Å². The maximum absolute atomic E-state index is 11.4. The van der Waals surface area contributed by atoms with Gasteiger partial charge in [0.25, 0.3) is 0 Å². The van der Waals surface area contributed by atoms with Crippen molar-refractivity contribution in [2.45, 2.75) is 45.3 Å². The van der Waals surface area contributed by atoms with Crippen molar-refractivity contribution in [1.29, 1.82) is 0 Å². The molecule has 3 rings (SSSR count). The summed E-state index contributed by atoms with van der Waals surface area (Å²) in [5.41, 5.74) is 2.20. The number of carbonyl (C=O) groups is 1. The highest BCUT2D eigenvalue weighted by atomic mass is 28.3. The summed E-state index contributed by atoms with van der Waals surface area (Å²) in [5.74, 6) is -0.950. The number of aromatic carboxylic acids is 1. The molecule has 1 aromatic rings. The average molecular weight is 324 g/mol. The van der Waals surface area contributed by atoms with Gasteiger partial charge in [0.2, 0.25) is 0 Å². The number of rotatable bonds is 6. The topological polar surface area (TPSA) is 73.6 Å². The molecule has 1 aromatic heterocycles. The molecule has 7 heteroatoms. The summed E-state index contributed by atoms with van der Waals surface area (Å²) in [6.07, 6.45) is 1.61. The zero-order valence-electron chi connectivity index (χ0n) is 13.5. The highest BCUT2D eigenvalue weighted by Crippen LogP contribution is 2.43. The van der Waals surface area contributed by atoms with E-state index in [2.05, 4.69) is 24.7 Å². The number of nitrogens with zero attached hydrogens (tertiary/aromatic N) is 2. The average Bonchev–Trinajstić information content (AvgIpc) is 2.89. The Labute approximate surface area is 131 Å². The van der Waals surface area contributed by atoms with E-state index in [1.165, 1.54) is 0 Å². The van der Waals surface area contributed by atoms with Crippen molar-refractivity contribution in [2.24, 2.45) is 5.41 Å². The summed E-state index contributed by atoms with van der Waals surface area (Å²) in [6, 6.07) is 1.10. The van der Waals surface area contributed by atoms with E-state index in [1.807, 2.05) is 0 Å². The Hall–Kier alpha value is -1.18. The molecule has 1 N–H and O–H groups in total. The van der Waals surface area contributed by atoms with Crippen LogP contribution in [0.1, 0.15) is 21.7 Å². The van der Waals surface area contributed by atoms with Gasteiger partial charge in [-0.25, -0.2) is 9.48 Å². The van der Waals surface area contributed by atoms with E-state index in [1.54, 1.807) is 4.68 Å². The highest BCUT2D eigenvalue weighted by Gasteiger charge is 2.47. The van der Waals surface area contributed by atoms with Crippen LogP contribution in [0.4, 0.5) is 0 Å². The molecule has 1 saturated heterocycles. The van der Waals surface area contributed by atoms with Crippen molar-refractivity contribution in [2.75, 3.05) is 19.8 Å². The predicted octanol–water partition coefficient (Wildman–Crippen LogP) is 2.01. The summed E-state index contributed by atoms with van der Waals surface area (Å²) < 4.78 is 12.8. The summed E-state index contributed by atoms with van der Waals surface area (Å²) in [5, 5.41) is 13.6. The molecule has 6 nitrogen and oxygen atoms in total. The van der Waals surface area contributed by atoms with Gasteiger partial charge in [0.05, 0.1) is 13.2 Å². The van der Waals surface area contributed by atoms with E-state index < -0.39 is 14.0 Å². The lowest BCUT2D eigenvalue weighted by molar-refractivity contribution is -0.107. The van der Waals surface area contributed by atoms with Gasteiger partial charge in [0.15, 0.2) is 5.69 Å². The normalized spacial score (nSPS) is 19.2. The number of ether oxygens (including phenoxy) is 2. The lowest BCUT2D eigenvalue weighted by Gasteiger charge is -2.37. The van der Waals surface area contributed by atoms with Crippen LogP contribution in [-0.4, -0.2) is 48.8 Å². The van der Waals surface area contributed by atoms with Gasteiger partial charge < -0.3 is 14.6 Å². The van der Waals surface area contributed by atoms with Gasteiger partial charge in [-0.1, -0.05) is 19.6 Å². The monoisotopic (exact) mass is 324 g/mol. The number of hydrogen-bond donors (Lipinski definition) is 1. The van der Waals surface area contributed by atoms with Crippen LogP contribution in [0.5, 0.6) is 0 Å². The summed E-state index contributed by atoms with van der Waals surface area (Å²) >= 11 is 0. The van der Waals surface area contributed by atoms with E-state index in [-0.39, 0.29) is 11.1 Å². The van der Waals surface area contributed by atoms with Crippen LogP contribution in [0.3, 0.4) is 0 Å². The van der Waals surface area contributed by atoms with E-state index in [9.17, 15) is 9.90 Å². The van der Waals surface area contributed by atoms with Crippen LogP contribution < -0.4 is 0 Å². The molecule has 0 aromatic carbocycles. The van der Waals surface area contributed by atoms with E-state index in [4.69, 9.17) is 9.47 Å². The summed E-state index contributed by atoms with van der Waals surface area (Å²) in [7, 11) is -1.11. The van der Waals surface area contributed by atoms with Crippen LogP contribution >= 0.6 is 0 Å². The largest absolute Gasteiger partial charge is 0.476 e. The SMILES string of the molecule is C[Si](C)(C)CCOCn1nc(C(=O)O)c2c1CC1(COC1)C2. The van der Waals surface area contributed by atoms with Gasteiger partial charge >= 0.3 is 5.97 Å². The smallest absolute Gasteiger partial charge is 0.356 e. The van der Waals surface area contributed by atoms with E-state index in [0.29, 0.717) is 13.3 Å². The Morgan fingerprint density at radius 3 is 2.68 bits per heavy atom. The number of carboxylic acids is 1. The van der Waals surface area contributed by atoms with Crippen LogP contribution in [-0.2, 0) is 29.0 Å². The molecule has 1 spiro atoms. The Bertz CT molecular complexity index is 587. The van der Waals surface area contributed by atoms with Gasteiger partial charge in [0, 0.05) is 37.8 Å². The molecule has 2 aliphatic rings. The zero-order chi connectivity index (χ0) is 16.0. The van der Waals surface area contributed by atoms with Crippen molar-refractivity contribution in [3.63, 3.8) is 0 Å². The molecule has 0 bridgehead atoms. The van der Waals surface area contributed by atoms with E-state index in [0.717, 1.165) is 43.4 Å². The molecule has 22 heavy (non-hydrogen) atoms. The Morgan fingerprint density at radius 1 is 1.41 bits per heavy atom. The first-order valence-electron chi connectivity index (χ1n) is 7.77. The lowest BCUT2D eigenvalue weighted by atomic mass is 9.83. The summed E-state index contributed by atoms with van der Waals surface area (Å²) in [6.45, 7) is 9.42. The van der Waals surface area contributed by atoms with Crippen LogP contribution in [0.25, 0.3) is 0 Å². The minimum Gasteiger partial charge on any atom is -0.476 e. The summed E-state index contributed by atoms with van der Waals surface area (Å²) in [4.78, 5) is 11.4. The molecule has 1 fully saturated rings. The second-order valence-electron chi connectivity index (χ2n) is 7.77. The molecular formula is C15H24N2O4Si. The molecule has 1 aliphatic carbocycles. The Kier molecular flexibility index (Phi) is 3.90. The highest BCUT2D eigenvalue weighted by molar-refractivity contribution is 6.76. The zero-order valence-corrected chi connectivity index (χ0v) is 14.5. The lowest BCUT2D eigenvalue weighted by Crippen LogP contribution is -2.43. The Morgan fingerprint density at radius 2 is 2.14 bits per heavy atom. The third kappa shape index (κ3) is 2.97. The molecule has 122 valence electrons. The fourth-order valence-electron chi connectivity index (χ4n) is 3.11. The first-order chi connectivity index (χ1) is 10.3. The number of carboxylic acid groups (broad SMARTS) is 1. The molecule has 1 aliphatic heterocycles. The first-order valence-corrected chi connectivity index (χ1v) is 11.5. The van der Waals surface area contributed by atoms with Crippen molar-refractivity contribution in [3.05, 3.63) is 17.0 Å². The van der Waals surface area contributed by atoms with Crippen molar-refractivity contribution >= 4 is 14.0 Å². The van der Waals surface area contributed by atoms with Crippen molar-refractivity contribution in [3.8, 4) is 0 Å². The molecular weight excluding hydrogens is 300 g/mol. The minimum atomic E-state index is -1.11. The van der Waals surface area contributed by atoms with Crippen molar-refractivity contribution < 1.29 is 19.4 Å².